The number of carbonyl (C=O) groups is 1. The Hall–Kier alpha value is -4.06. The third kappa shape index (κ3) is 4.52. The summed E-state index contributed by atoms with van der Waals surface area (Å²) in [6.45, 7) is 0. The largest absolute Gasteiger partial charge is 0.508 e. The van der Waals surface area contributed by atoms with Crippen LogP contribution in [0.25, 0.3) is 6.08 Å². The molecule has 2 aromatic rings. The molecule has 0 heterocycles. The van der Waals surface area contributed by atoms with Crippen LogP contribution in [0.4, 0.5) is 11.4 Å². The number of benzene rings is 2. The van der Waals surface area contributed by atoms with Gasteiger partial charge in [-0.2, -0.15) is 5.26 Å². The van der Waals surface area contributed by atoms with Gasteiger partial charge in [0.05, 0.1) is 19.1 Å². The van der Waals surface area contributed by atoms with Crippen LogP contribution in [-0.2, 0) is 4.79 Å². The number of nitro benzene ring substituents is 1. The van der Waals surface area contributed by atoms with Crippen LogP contribution >= 0.6 is 0 Å². The van der Waals surface area contributed by atoms with E-state index in [0.717, 1.165) is 6.07 Å². The first kappa shape index (κ1) is 19.3. The third-order valence-electron chi connectivity index (χ3n) is 3.52. The van der Waals surface area contributed by atoms with E-state index in [1.54, 1.807) is 6.07 Å². The smallest absolute Gasteiger partial charge is 0.311 e. The Bertz CT molecular complexity index is 945. The first-order valence-corrected chi connectivity index (χ1v) is 7.52. The first-order valence-electron chi connectivity index (χ1n) is 7.52. The average Bonchev–Trinajstić information content (AvgIpc) is 2.66. The number of nitro groups is 1. The molecule has 9 nitrogen and oxygen atoms in total. The molecule has 27 heavy (non-hydrogen) atoms. The molecule has 0 unspecified atom stereocenters. The second-order valence-corrected chi connectivity index (χ2v) is 5.19. The third-order valence-corrected chi connectivity index (χ3v) is 3.52. The SMILES string of the molecule is COc1cc(OC)c([N+](=O)[O-])cc1/C=C(/C#N)C(=O)Nc1ccc(O)cc1. The van der Waals surface area contributed by atoms with Gasteiger partial charge in [-0.25, -0.2) is 0 Å². The minimum atomic E-state index is -0.719. The number of aromatic hydroxyl groups is 1. The molecule has 0 aliphatic heterocycles. The van der Waals surface area contributed by atoms with Crippen LogP contribution < -0.4 is 14.8 Å². The molecule has 2 aromatic carbocycles. The molecule has 0 spiro atoms. The number of nitriles is 1. The van der Waals surface area contributed by atoms with Crippen molar-refractivity contribution in [3.05, 3.63) is 57.6 Å². The summed E-state index contributed by atoms with van der Waals surface area (Å²) in [5.74, 6) is -0.508. The maximum absolute atomic E-state index is 12.3. The summed E-state index contributed by atoms with van der Waals surface area (Å²) >= 11 is 0. The molecule has 0 bridgehead atoms. The Kier molecular flexibility index (Phi) is 5.96. The van der Waals surface area contributed by atoms with Crippen LogP contribution in [0.15, 0.2) is 42.0 Å². The molecular formula is C18H15N3O6. The molecule has 0 aliphatic carbocycles. The summed E-state index contributed by atoms with van der Waals surface area (Å²) in [6.07, 6.45) is 1.18. The minimum Gasteiger partial charge on any atom is -0.508 e. The Labute approximate surface area is 154 Å². The van der Waals surface area contributed by atoms with Gasteiger partial charge in [-0.1, -0.05) is 0 Å². The summed E-state index contributed by atoms with van der Waals surface area (Å²) in [5.41, 5.74) is -0.0874. The van der Waals surface area contributed by atoms with Gasteiger partial charge in [-0.3, -0.25) is 14.9 Å². The number of hydrogen-bond donors (Lipinski definition) is 2. The van der Waals surface area contributed by atoms with E-state index in [1.165, 1.54) is 50.6 Å². The van der Waals surface area contributed by atoms with Crippen LogP contribution in [0.3, 0.4) is 0 Å². The van der Waals surface area contributed by atoms with E-state index in [1.807, 2.05) is 0 Å². The van der Waals surface area contributed by atoms with E-state index < -0.39 is 10.8 Å². The van der Waals surface area contributed by atoms with Crippen LogP contribution in [0.1, 0.15) is 5.56 Å². The van der Waals surface area contributed by atoms with Gasteiger partial charge in [0.25, 0.3) is 5.91 Å². The topological polar surface area (TPSA) is 135 Å². The van der Waals surface area contributed by atoms with Crippen LogP contribution in [0, 0.1) is 21.4 Å². The highest BCUT2D eigenvalue weighted by atomic mass is 16.6. The molecular weight excluding hydrogens is 354 g/mol. The number of nitrogens with one attached hydrogen (secondary N) is 1. The van der Waals surface area contributed by atoms with Gasteiger partial charge in [0.2, 0.25) is 5.75 Å². The highest BCUT2D eigenvalue weighted by Gasteiger charge is 2.20. The predicted octanol–water partition coefficient (Wildman–Crippen LogP) is 2.86. The summed E-state index contributed by atoms with van der Waals surface area (Å²) in [4.78, 5) is 22.9. The molecule has 0 radical (unpaired) electrons. The number of methoxy groups -OCH3 is 2. The molecule has 0 aliphatic rings. The van der Waals surface area contributed by atoms with Gasteiger partial charge < -0.3 is 19.9 Å². The van der Waals surface area contributed by atoms with Crippen molar-refractivity contribution >= 4 is 23.4 Å². The fraction of sp³-hybridized carbons (Fsp3) is 0.111. The number of phenolic OH excluding ortho intramolecular Hbond substituents is 1. The van der Waals surface area contributed by atoms with Crippen LogP contribution in [0.2, 0.25) is 0 Å². The number of carbonyl (C=O) groups excluding carboxylic acids is 1. The lowest BCUT2D eigenvalue weighted by Gasteiger charge is -2.09. The first-order chi connectivity index (χ1) is 12.9. The standard InChI is InChI=1S/C18H15N3O6/c1-26-16-9-17(27-2)15(21(24)25)8-11(16)7-12(10-19)18(23)20-13-3-5-14(22)6-4-13/h3-9,22H,1-2H3,(H,20,23)/b12-7-. The van der Waals surface area contributed by atoms with Gasteiger partial charge in [0.15, 0.2) is 0 Å². The van der Waals surface area contributed by atoms with E-state index in [9.17, 15) is 25.3 Å². The molecule has 9 heteroatoms. The van der Waals surface area contributed by atoms with Crippen molar-refractivity contribution in [2.45, 2.75) is 0 Å². The van der Waals surface area contributed by atoms with E-state index >= 15 is 0 Å². The average molecular weight is 369 g/mol. The maximum Gasteiger partial charge on any atom is 0.311 e. The van der Waals surface area contributed by atoms with Gasteiger partial charge in [-0.05, 0) is 30.3 Å². The van der Waals surface area contributed by atoms with E-state index in [4.69, 9.17) is 9.47 Å². The number of hydrogen-bond acceptors (Lipinski definition) is 7. The number of ether oxygens (including phenoxy) is 2. The zero-order valence-electron chi connectivity index (χ0n) is 14.4. The van der Waals surface area contributed by atoms with Crippen molar-refractivity contribution in [2.75, 3.05) is 19.5 Å². The molecule has 0 aromatic heterocycles. The van der Waals surface area contributed by atoms with Gasteiger partial charge in [0.1, 0.15) is 23.1 Å². The number of anilines is 1. The fourth-order valence-electron chi connectivity index (χ4n) is 2.21. The summed E-state index contributed by atoms with van der Waals surface area (Å²) in [6, 6.07) is 9.88. The summed E-state index contributed by atoms with van der Waals surface area (Å²) in [7, 11) is 2.63. The second kappa shape index (κ2) is 8.35. The van der Waals surface area contributed by atoms with E-state index in [0.29, 0.717) is 5.69 Å². The van der Waals surface area contributed by atoms with Gasteiger partial charge >= 0.3 is 5.69 Å². The maximum atomic E-state index is 12.3. The molecule has 2 N–H and O–H groups in total. The molecule has 0 saturated heterocycles. The van der Waals surface area contributed by atoms with Crippen molar-refractivity contribution in [2.24, 2.45) is 0 Å². The van der Waals surface area contributed by atoms with Gasteiger partial charge in [-0.15, -0.1) is 0 Å². The molecule has 2 rings (SSSR count). The quantitative estimate of drug-likeness (QED) is 0.263. The van der Waals surface area contributed by atoms with Crippen molar-refractivity contribution in [1.82, 2.24) is 0 Å². The van der Waals surface area contributed by atoms with Crippen LogP contribution in [-0.4, -0.2) is 30.2 Å². The molecule has 0 fully saturated rings. The highest BCUT2D eigenvalue weighted by molar-refractivity contribution is 6.09. The monoisotopic (exact) mass is 369 g/mol. The minimum absolute atomic E-state index is 0.0129. The highest BCUT2D eigenvalue weighted by Crippen LogP contribution is 2.35. The lowest BCUT2D eigenvalue weighted by molar-refractivity contribution is -0.385. The number of phenols is 1. The fourth-order valence-corrected chi connectivity index (χ4v) is 2.21. The zero-order valence-corrected chi connectivity index (χ0v) is 14.4. The summed E-state index contributed by atoms with van der Waals surface area (Å²) in [5, 5.41) is 32.2. The summed E-state index contributed by atoms with van der Waals surface area (Å²) < 4.78 is 10.1. The van der Waals surface area contributed by atoms with E-state index in [-0.39, 0.29) is 34.1 Å². The Morgan fingerprint density at radius 3 is 2.37 bits per heavy atom. The predicted molar refractivity (Wildman–Crippen MR) is 96.5 cm³/mol. The number of amides is 1. The molecule has 1 amide bonds. The lowest BCUT2D eigenvalue weighted by Crippen LogP contribution is -2.13. The van der Waals surface area contributed by atoms with Crippen LogP contribution in [0.5, 0.6) is 17.2 Å². The Morgan fingerprint density at radius 2 is 1.85 bits per heavy atom. The van der Waals surface area contributed by atoms with E-state index in [2.05, 4.69) is 5.32 Å². The number of rotatable bonds is 6. The van der Waals surface area contributed by atoms with Gasteiger partial charge in [0, 0.05) is 23.4 Å². The Morgan fingerprint density at radius 1 is 1.22 bits per heavy atom. The molecule has 0 saturated carbocycles. The van der Waals surface area contributed by atoms with Crippen molar-refractivity contribution in [1.29, 1.82) is 5.26 Å². The normalized spacial score (nSPS) is 10.6. The second-order valence-electron chi connectivity index (χ2n) is 5.19. The Balaban J connectivity index is 2.42. The lowest BCUT2D eigenvalue weighted by atomic mass is 10.1. The zero-order chi connectivity index (χ0) is 20.0. The van der Waals surface area contributed by atoms with Crippen molar-refractivity contribution < 1.29 is 24.3 Å². The molecule has 0 atom stereocenters. The molecule has 138 valence electrons. The van der Waals surface area contributed by atoms with Crippen molar-refractivity contribution in [3.63, 3.8) is 0 Å². The van der Waals surface area contributed by atoms with Crippen molar-refractivity contribution in [3.8, 4) is 23.3 Å². The number of nitrogens with zero attached hydrogens (tertiary/aromatic N) is 2.